The van der Waals surface area contributed by atoms with Crippen molar-refractivity contribution < 1.29 is 23.3 Å². The van der Waals surface area contributed by atoms with Crippen molar-refractivity contribution in [1.82, 2.24) is 14.9 Å². The van der Waals surface area contributed by atoms with Crippen LogP contribution in [-0.4, -0.2) is 79.2 Å². The molecule has 3 saturated heterocycles. The van der Waals surface area contributed by atoms with E-state index in [1.54, 1.807) is 0 Å². The number of fused-ring (bicyclic) bond motifs is 4. The zero-order chi connectivity index (χ0) is 26.6. The molecule has 10 heteroatoms. The van der Waals surface area contributed by atoms with Gasteiger partial charge in [-0.15, -0.1) is 0 Å². The monoisotopic (exact) mass is 539 g/mol. The third-order valence-corrected chi connectivity index (χ3v) is 9.32. The number of nitrogens with two attached hydrogens (primary N) is 1. The summed E-state index contributed by atoms with van der Waals surface area (Å²) in [5.74, 6) is 0.851. The lowest BCUT2D eigenvalue weighted by molar-refractivity contribution is -0.148. The maximum atomic E-state index is 14.4. The lowest BCUT2D eigenvalue weighted by Crippen LogP contribution is -2.45. The van der Waals surface area contributed by atoms with Crippen molar-refractivity contribution in [2.24, 2.45) is 0 Å². The molecule has 0 radical (unpaired) electrons. The zero-order valence-corrected chi connectivity index (χ0v) is 22.7. The Kier molecular flexibility index (Phi) is 6.41. The second-order valence-electron chi connectivity index (χ2n) is 11.8. The van der Waals surface area contributed by atoms with Gasteiger partial charge in [0.15, 0.2) is 0 Å². The van der Waals surface area contributed by atoms with E-state index in [-0.39, 0.29) is 11.6 Å². The highest BCUT2D eigenvalue weighted by Gasteiger charge is 2.50. The summed E-state index contributed by atoms with van der Waals surface area (Å²) < 4.78 is 39.4. The molecule has 3 fully saturated rings. The van der Waals surface area contributed by atoms with E-state index in [0.717, 1.165) is 73.7 Å². The predicted octanol–water partition coefficient (Wildman–Crippen LogP) is 3.30. The van der Waals surface area contributed by atoms with E-state index in [9.17, 15) is 4.39 Å². The van der Waals surface area contributed by atoms with E-state index in [1.165, 1.54) is 0 Å². The van der Waals surface area contributed by atoms with Crippen LogP contribution in [0.15, 0.2) is 18.2 Å². The van der Waals surface area contributed by atoms with Crippen molar-refractivity contribution in [1.29, 1.82) is 0 Å². The number of ether oxygens (including phenoxy) is 4. The van der Waals surface area contributed by atoms with E-state index < -0.39 is 11.8 Å². The molecule has 2 unspecified atom stereocenters. The van der Waals surface area contributed by atoms with Crippen LogP contribution in [0.3, 0.4) is 0 Å². The van der Waals surface area contributed by atoms with E-state index in [2.05, 4.69) is 16.7 Å². The molecule has 0 aliphatic carbocycles. The van der Waals surface area contributed by atoms with Gasteiger partial charge in [0.1, 0.15) is 24.2 Å². The van der Waals surface area contributed by atoms with Crippen LogP contribution in [-0.2, 0) is 32.8 Å². The molecular weight excluding hydrogens is 501 g/mol. The number of nitrogens with zero attached hydrogens (tertiary/aromatic N) is 4. The first-order valence-electron chi connectivity index (χ1n) is 14.3. The van der Waals surface area contributed by atoms with Gasteiger partial charge in [-0.05, 0) is 56.0 Å². The second kappa shape index (κ2) is 9.83. The molecule has 39 heavy (non-hydrogen) atoms. The Morgan fingerprint density at radius 3 is 3.03 bits per heavy atom. The molecule has 5 aliphatic rings. The smallest absolute Gasteiger partial charge is 0.318 e. The van der Waals surface area contributed by atoms with Crippen LogP contribution in [0.1, 0.15) is 61.1 Å². The zero-order valence-electron chi connectivity index (χ0n) is 22.7. The van der Waals surface area contributed by atoms with Crippen LogP contribution in [0.4, 0.5) is 15.9 Å². The van der Waals surface area contributed by atoms with Gasteiger partial charge in [0.05, 0.1) is 37.2 Å². The molecule has 2 aromatic rings. The van der Waals surface area contributed by atoms with E-state index >= 15 is 0 Å². The Morgan fingerprint density at radius 2 is 2.10 bits per heavy atom. The van der Waals surface area contributed by atoms with Gasteiger partial charge >= 0.3 is 6.01 Å². The quantitative estimate of drug-likeness (QED) is 0.587. The molecule has 4 atom stereocenters. The van der Waals surface area contributed by atoms with Crippen LogP contribution >= 0.6 is 0 Å². The number of hydrogen-bond acceptors (Lipinski definition) is 9. The summed E-state index contributed by atoms with van der Waals surface area (Å²) in [6.07, 6.45) is 3.15. The Balaban J connectivity index is 1.25. The molecule has 0 amide bonds. The normalized spacial score (nSPS) is 32.5. The maximum absolute atomic E-state index is 14.4. The lowest BCUT2D eigenvalue weighted by atomic mass is 9.80. The van der Waals surface area contributed by atoms with Crippen LogP contribution in [0, 0.1) is 0 Å². The minimum atomic E-state index is -0.802. The van der Waals surface area contributed by atoms with Gasteiger partial charge in [0.25, 0.3) is 0 Å². The number of benzene rings is 1. The van der Waals surface area contributed by atoms with Crippen molar-refractivity contribution in [3.63, 3.8) is 0 Å². The molecule has 210 valence electrons. The summed E-state index contributed by atoms with van der Waals surface area (Å²) >= 11 is 0. The highest BCUT2D eigenvalue weighted by atomic mass is 19.1. The number of halogens is 1. The second-order valence-corrected chi connectivity index (χ2v) is 11.8. The van der Waals surface area contributed by atoms with Gasteiger partial charge in [-0.1, -0.05) is 6.07 Å². The number of hydrogen-bond donors (Lipinski definition) is 1. The molecule has 7 rings (SSSR count). The molecule has 1 spiro atoms. The van der Waals surface area contributed by atoms with Gasteiger partial charge in [-0.25, -0.2) is 4.39 Å². The van der Waals surface area contributed by atoms with Crippen LogP contribution in [0.5, 0.6) is 6.01 Å². The minimum absolute atomic E-state index is 0.0347. The van der Waals surface area contributed by atoms with E-state index in [1.807, 2.05) is 18.2 Å². The summed E-state index contributed by atoms with van der Waals surface area (Å²) in [6, 6.07) is 6.33. The van der Waals surface area contributed by atoms with Crippen LogP contribution < -0.4 is 15.4 Å². The molecule has 0 bridgehead atoms. The minimum Gasteiger partial charge on any atom is -0.461 e. The summed E-state index contributed by atoms with van der Waals surface area (Å²) in [4.78, 5) is 14.4. The fraction of sp³-hybridized carbons (Fsp3) is 0.655. The standard InChI is InChI=1S/C29H38FN5O4/c1-19-22-5-4-21(31)12-24(22)29(18-37-19)14-25-23(16-39-29)26(34-7-3-10-36-11-9-34)33-27(32-25)38-17-28-6-2-8-35(28)15-20(30)13-28/h4-5,12,19-20H,2-3,6-11,13-18,31H2,1H3/t19?,20-,28+,29?/m1/s1. The van der Waals surface area contributed by atoms with Gasteiger partial charge in [-0.3, -0.25) is 4.90 Å². The molecule has 9 nitrogen and oxygen atoms in total. The van der Waals surface area contributed by atoms with Gasteiger partial charge in [0, 0.05) is 50.3 Å². The van der Waals surface area contributed by atoms with Gasteiger partial charge in [0.2, 0.25) is 0 Å². The summed E-state index contributed by atoms with van der Waals surface area (Å²) in [7, 11) is 0. The van der Waals surface area contributed by atoms with Crippen LogP contribution in [0.2, 0.25) is 0 Å². The third kappa shape index (κ3) is 4.45. The van der Waals surface area contributed by atoms with Crippen molar-refractivity contribution >= 4 is 11.5 Å². The van der Waals surface area contributed by atoms with E-state index in [4.69, 9.17) is 34.6 Å². The average Bonchev–Trinajstić information content (AvgIpc) is 3.31. The van der Waals surface area contributed by atoms with Crippen molar-refractivity contribution in [3.8, 4) is 6.01 Å². The first kappa shape index (κ1) is 25.4. The molecule has 1 aromatic heterocycles. The molecule has 0 saturated carbocycles. The van der Waals surface area contributed by atoms with Gasteiger partial charge < -0.3 is 29.6 Å². The summed E-state index contributed by atoms with van der Waals surface area (Å²) in [5, 5.41) is 0. The van der Waals surface area contributed by atoms with Crippen molar-refractivity contribution in [3.05, 3.63) is 40.6 Å². The summed E-state index contributed by atoms with van der Waals surface area (Å²) in [5.41, 5.74) is 10.1. The number of alkyl halides is 1. The molecular formula is C29H38FN5O4. The Hall–Kier alpha value is -2.53. The first-order valence-corrected chi connectivity index (χ1v) is 14.3. The SMILES string of the molecule is CC1OCC2(Cc3nc(OC[C@@]45CCCN4C[C@H](F)C5)nc(N4CCCOCC4)c3CO2)c2cc(N)ccc21. The van der Waals surface area contributed by atoms with E-state index in [0.29, 0.717) is 57.5 Å². The number of nitrogen functional groups attached to an aromatic ring is 1. The summed E-state index contributed by atoms with van der Waals surface area (Å²) in [6.45, 7) is 7.65. The molecule has 2 N–H and O–H groups in total. The van der Waals surface area contributed by atoms with Crippen molar-refractivity contribution in [2.75, 3.05) is 63.2 Å². The highest BCUT2D eigenvalue weighted by Crippen LogP contribution is 2.46. The molecule has 1 aromatic carbocycles. The highest BCUT2D eigenvalue weighted by molar-refractivity contribution is 5.54. The van der Waals surface area contributed by atoms with Crippen molar-refractivity contribution in [2.45, 2.75) is 69.1 Å². The molecule has 5 aliphatic heterocycles. The topological polar surface area (TPSA) is 95.2 Å². The fourth-order valence-electron chi connectivity index (χ4n) is 7.27. The number of aromatic nitrogens is 2. The average molecular weight is 540 g/mol. The number of rotatable bonds is 4. The Bertz CT molecular complexity index is 1240. The van der Waals surface area contributed by atoms with Gasteiger partial charge in [-0.2, -0.15) is 9.97 Å². The van der Waals surface area contributed by atoms with Crippen LogP contribution in [0.25, 0.3) is 0 Å². The first-order chi connectivity index (χ1) is 18.9. The fourth-order valence-corrected chi connectivity index (χ4v) is 7.27. The predicted molar refractivity (Wildman–Crippen MR) is 144 cm³/mol. The third-order valence-electron chi connectivity index (χ3n) is 9.32. The Labute approximate surface area is 228 Å². The Morgan fingerprint density at radius 1 is 1.18 bits per heavy atom. The number of anilines is 2. The lowest BCUT2D eigenvalue weighted by Gasteiger charge is -2.44. The maximum Gasteiger partial charge on any atom is 0.318 e. The largest absolute Gasteiger partial charge is 0.461 e. The molecule has 6 heterocycles.